The van der Waals surface area contributed by atoms with Gasteiger partial charge in [-0.05, 0) is 36.7 Å². The largest absolute Gasteiger partial charge is 0.295 e. The smallest absolute Gasteiger partial charge is 0.156 e. The predicted molar refractivity (Wildman–Crippen MR) is 64.8 cm³/mol. The number of ketones is 1. The summed E-state index contributed by atoms with van der Waals surface area (Å²) in [6.45, 7) is 8.90. The molecule has 86 valence electrons. The molecular weight excluding hydrogens is 184 g/mol. The van der Waals surface area contributed by atoms with E-state index in [1.165, 1.54) is 18.4 Å². The van der Waals surface area contributed by atoms with Crippen molar-refractivity contribution in [1.29, 1.82) is 0 Å². The van der Waals surface area contributed by atoms with Gasteiger partial charge in [0.2, 0.25) is 0 Å². The first-order valence-electron chi connectivity index (χ1n) is 6.11. The van der Waals surface area contributed by atoms with E-state index in [1.807, 2.05) is 6.08 Å². The lowest BCUT2D eigenvalue weighted by Crippen LogP contribution is -2.21. The lowest BCUT2D eigenvalue weighted by atomic mass is 9.75. The van der Waals surface area contributed by atoms with Crippen LogP contribution in [0.1, 0.15) is 59.8 Å². The molecule has 0 aromatic heterocycles. The molecule has 0 radical (unpaired) electrons. The highest BCUT2D eigenvalue weighted by atomic mass is 16.1. The molecule has 0 aliphatic heterocycles. The summed E-state index contributed by atoms with van der Waals surface area (Å²) in [5.74, 6) is 1.10. The third-order valence-electron chi connectivity index (χ3n) is 3.00. The van der Waals surface area contributed by atoms with Gasteiger partial charge in [0.15, 0.2) is 5.78 Å². The van der Waals surface area contributed by atoms with Crippen LogP contribution in [0.5, 0.6) is 0 Å². The average molecular weight is 208 g/mol. The van der Waals surface area contributed by atoms with Crippen molar-refractivity contribution in [3.05, 3.63) is 11.6 Å². The molecule has 1 rings (SSSR count). The van der Waals surface area contributed by atoms with Gasteiger partial charge in [-0.25, -0.2) is 0 Å². The quantitative estimate of drug-likeness (QED) is 0.679. The van der Waals surface area contributed by atoms with E-state index in [2.05, 4.69) is 27.7 Å². The summed E-state index contributed by atoms with van der Waals surface area (Å²) >= 11 is 0. The first kappa shape index (κ1) is 12.5. The maximum absolute atomic E-state index is 11.5. The van der Waals surface area contributed by atoms with Gasteiger partial charge in [0, 0.05) is 6.42 Å². The molecule has 0 aromatic carbocycles. The SMILES string of the molecule is CC(C)CCCC1=CC(=O)CC(C)(C)C1. The minimum atomic E-state index is 0.193. The fourth-order valence-corrected chi connectivity index (χ4v) is 2.38. The van der Waals surface area contributed by atoms with Gasteiger partial charge in [0.05, 0.1) is 0 Å². The predicted octanol–water partition coefficient (Wildman–Crippen LogP) is 4.13. The molecule has 0 saturated carbocycles. The van der Waals surface area contributed by atoms with Gasteiger partial charge in [0.25, 0.3) is 0 Å². The van der Waals surface area contributed by atoms with Crippen molar-refractivity contribution in [2.24, 2.45) is 11.3 Å². The molecule has 1 nitrogen and oxygen atoms in total. The van der Waals surface area contributed by atoms with Crippen LogP contribution in [0.4, 0.5) is 0 Å². The molecule has 0 fully saturated rings. The second-order valence-corrected chi connectivity index (χ2v) is 6.07. The second-order valence-electron chi connectivity index (χ2n) is 6.07. The van der Waals surface area contributed by atoms with Crippen molar-refractivity contribution < 1.29 is 4.79 Å². The standard InChI is InChI=1S/C14H24O/c1-11(2)6-5-7-12-8-13(15)10-14(3,4)9-12/h8,11H,5-7,9-10H2,1-4H3. The summed E-state index contributed by atoms with van der Waals surface area (Å²) in [6.07, 6.45) is 7.34. The van der Waals surface area contributed by atoms with Crippen LogP contribution in [0.2, 0.25) is 0 Å². The molecule has 0 aromatic rings. The maximum Gasteiger partial charge on any atom is 0.156 e. The topological polar surface area (TPSA) is 17.1 Å². The zero-order valence-corrected chi connectivity index (χ0v) is 10.6. The monoisotopic (exact) mass is 208 g/mol. The molecule has 0 atom stereocenters. The van der Waals surface area contributed by atoms with Crippen LogP contribution in [-0.4, -0.2) is 5.78 Å². The Morgan fingerprint density at radius 1 is 1.33 bits per heavy atom. The van der Waals surface area contributed by atoms with Crippen molar-refractivity contribution in [3.63, 3.8) is 0 Å². The van der Waals surface area contributed by atoms with Crippen LogP contribution in [0, 0.1) is 11.3 Å². The van der Waals surface area contributed by atoms with Gasteiger partial charge in [0.1, 0.15) is 0 Å². The van der Waals surface area contributed by atoms with Gasteiger partial charge in [-0.15, -0.1) is 0 Å². The van der Waals surface area contributed by atoms with Gasteiger partial charge >= 0.3 is 0 Å². The summed E-state index contributed by atoms with van der Waals surface area (Å²) in [4.78, 5) is 11.5. The van der Waals surface area contributed by atoms with Crippen molar-refractivity contribution in [2.75, 3.05) is 0 Å². The normalized spacial score (nSPS) is 20.6. The van der Waals surface area contributed by atoms with Crippen molar-refractivity contribution >= 4 is 5.78 Å². The molecule has 0 heterocycles. The number of carbonyl (C=O) groups excluding carboxylic acids is 1. The summed E-state index contributed by atoms with van der Waals surface area (Å²) in [7, 11) is 0. The zero-order valence-electron chi connectivity index (χ0n) is 10.6. The Kier molecular flexibility index (Phi) is 4.12. The van der Waals surface area contributed by atoms with Crippen molar-refractivity contribution in [3.8, 4) is 0 Å². The first-order chi connectivity index (χ1) is 6.89. The summed E-state index contributed by atoms with van der Waals surface area (Å²) in [5, 5.41) is 0. The Morgan fingerprint density at radius 3 is 2.53 bits per heavy atom. The molecule has 1 aliphatic carbocycles. The first-order valence-corrected chi connectivity index (χ1v) is 6.11. The van der Waals surface area contributed by atoms with Crippen LogP contribution >= 0.6 is 0 Å². The Labute approximate surface area is 93.9 Å². The van der Waals surface area contributed by atoms with E-state index in [1.54, 1.807) is 0 Å². The van der Waals surface area contributed by atoms with E-state index in [-0.39, 0.29) is 5.41 Å². The Hall–Kier alpha value is -0.590. The number of allylic oxidation sites excluding steroid dienone is 2. The van der Waals surface area contributed by atoms with Crippen LogP contribution in [0.3, 0.4) is 0 Å². The van der Waals surface area contributed by atoms with Crippen LogP contribution < -0.4 is 0 Å². The van der Waals surface area contributed by atoms with Gasteiger partial charge < -0.3 is 0 Å². The highest BCUT2D eigenvalue weighted by Gasteiger charge is 2.26. The van der Waals surface area contributed by atoms with E-state index in [0.29, 0.717) is 5.78 Å². The van der Waals surface area contributed by atoms with Crippen LogP contribution in [0.25, 0.3) is 0 Å². The zero-order chi connectivity index (χ0) is 11.5. The molecular formula is C14H24O. The van der Waals surface area contributed by atoms with E-state index in [9.17, 15) is 4.79 Å². The van der Waals surface area contributed by atoms with E-state index >= 15 is 0 Å². The molecule has 1 aliphatic rings. The minimum Gasteiger partial charge on any atom is -0.295 e. The summed E-state index contributed by atoms with van der Waals surface area (Å²) in [6, 6.07) is 0. The summed E-state index contributed by atoms with van der Waals surface area (Å²) in [5.41, 5.74) is 1.57. The molecule has 1 heteroatoms. The highest BCUT2D eigenvalue weighted by Crippen LogP contribution is 2.35. The van der Waals surface area contributed by atoms with Crippen molar-refractivity contribution in [1.82, 2.24) is 0 Å². The third-order valence-corrected chi connectivity index (χ3v) is 3.00. The Morgan fingerprint density at radius 2 is 2.00 bits per heavy atom. The number of carbonyl (C=O) groups is 1. The maximum atomic E-state index is 11.5. The molecule has 0 N–H and O–H groups in total. The van der Waals surface area contributed by atoms with E-state index in [0.717, 1.165) is 25.2 Å². The molecule has 0 saturated heterocycles. The number of rotatable bonds is 4. The molecule has 0 bridgehead atoms. The van der Waals surface area contributed by atoms with Gasteiger partial charge in [-0.3, -0.25) is 4.79 Å². The minimum absolute atomic E-state index is 0.193. The van der Waals surface area contributed by atoms with E-state index in [4.69, 9.17) is 0 Å². The second kappa shape index (κ2) is 4.96. The fraction of sp³-hybridized carbons (Fsp3) is 0.786. The van der Waals surface area contributed by atoms with E-state index < -0.39 is 0 Å². The highest BCUT2D eigenvalue weighted by molar-refractivity contribution is 5.91. The van der Waals surface area contributed by atoms with Gasteiger partial charge in [-0.2, -0.15) is 0 Å². The fourth-order valence-electron chi connectivity index (χ4n) is 2.38. The van der Waals surface area contributed by atoms with Crippen LogP contribution in [0.15, 0.2) is 11.6 Å². The lowest BCUT2D eigenvalue weighted by molar-refractivity contribution is -0.117. The third kappa shape index (κ3) is 4.63. The number of hydrogen-bond donors (Lipinski definition) is 0. The number of hydrogen-bond acceptors (Lipinski definition) is 1. The summed E-state index contributed by atoms with van der Waals surface area (Å²) < 4.78 is 0. The molecule has 15 heavy (non-hydrogen) atoms. The van der Waals surface area contributed by atoms with Gasteiger partial charge in [-0.1, -0.05) is 39.7 Å². The van der Waals surface area contributed by atoms with Crippen molar-refractivity contribution in [2.45, 2.75) is 59.8 Å². The Bertz CT molecular complexity index is 259. The Balaban J connectivity index is 2.44. The lowest BCUT2D eigenvalue weighted by Gasteiger charge is -2.28. The molecule has 0 unspecified atom stereocenters. The molecule has 0 spiro atoms. The molecule has 0 amide bonds. The average Bonchev–Trinajstić information content (AvgIpc) is 1.98. The van der Waals surface area contributed by atoms with Crippen LogP contribution in [-0.2, 0) is 4.79 Å².